The lowest BCUT2D eigenvalue weighted by molar-refractivity contribution is 1.09. The number of nitrogens with zero attached hydrogens (tertiary/aromatic N) is 2. The molecule has 33 heavy (non-hydrogen) atoms. The molecule has 4 nitrogen and oxygen atoms in total. The van der Waals surface area contributed by atoms with Crippen LogP contribution in [0.4, 0.5) is 5.69 Å². The van der Waals surface area contributed by atoms with E-state index in [-0.39, 0.29) is 5.43 Å². The van der Waals surface area contributed by atoms with Crippen molar-refractivity contribution in [1.82, 2.24) is 10.2 Å². The Hall–Kier alpha value is -4.31. The van der Waals surface area contributed by atoms with E-state index in [9.17, 15) is 4.79 Å². The highest BCUT2D eigenvalue weighted by Gasteiger charge is 2.17. The summed E-state index contributed by atoms with van der Waals surface area (Å²) in [6, 6.07) is 31.4. The largest absolute Gasteiger partial charge is 0.288 e. The SMILES string of the molecule is CC.O=c1c2ccccc2c2n[nH]c(-c3ccccc3)c3ccc(=Nc4ccccc4)c1c32. The van der Waals surface area contributed by atoms with Crippen molar-refractivity contribution in [2.24, 2.45) is 4.99 Å². The molecule has 0 aliphatic rings. The Balaban J connectivity index is 0.00000111. The summed E-state index contributed by atoms with van der Waals surface area (Å²) in [5, 5.41) is 12.5. The molecule has 0 saturated heterocycles. The molecule has 1 heterocycles. The second-order valence-corrected chi connectivity index (χ2v) is 7.52. The second-order valence-electron chi connectivity index (χ2n) is 7.52. The molecule has 6 rings (SSSR count). The summed E-state index contributed by atoms with van der Waals surface area (Å²) in [5.41, 5.74) is 3.48. The first-order valence-electron chi connectivity index (χ1n) is 11.2. The van der Waals surface area contributed by atoms with Gasteiger partial charge in [0, 0.05) is 27.1 Å². The van der Waals surface area contributed by atoms with E-state index in [2.05, 4.69) is 5.10 Å². The number of H-pyrrole nitrogens is 1. The predicted octanol–water partition coefficient (Wildman–Crippen LogP) is 6.59. The predicted molar refractivity (Wildman–Crippen MR) is 137 cm³/mol. The van der Waals surface area contributed by atoms with Gasteiger partial charge in [0.1, 0.15) is 5.52 Å². The number of aromatic amines is 1. The fraction of sp³-hybridized carbons (Fsp3) is 0.0690. The van der Waals surface area contributed by atoms with Crippen LogP contribution in [0.3, 0.4) is 0 Å². The van der Waals surface area contributed by atoms with Gasteiger partial charge in [0.2, 0.25) is 0 Å². The molecule has 0 saturated carbocycles. The van der Waals surface area contributed by atoms with Crippen molar-refractivity contribution in [2.45, 2.75) is 13.8 Å². The molecule has 0 atom stereocenters. The lowest BCUT2D eigenvalue weighted by Gasteiger charge is -2.12. The Kier molecular flexibility index (Phi) is 5.41. The summed E-state index contributed by atoms with van der Waals surface area (Å²) in [5.74, 6) is 0. The minimum absolute atomic E-state index is 0.0182. The van der Waals surface area contributed by atoms with Crippen LogP contribution >= 0.6 is 0 Å². The Bertz CT molecular complexity index is 1690. The lowest BCUT2D eigenvalue weighted by Crippen LogP contribution is -2.15. The zero-order valence-electron chi connectivity index (χ0n) is 18.5. The summed E-state index contributed by atoms with van der Waals surface area (Å²) in [6.07, 6.45) is 0. The molecule has 4 heteroatoms. The van der Waals surface area contributed by atoms with Gasteiger partial charge in [0.05, 0.1) is 22.1 Å². The van der Waals surface area contributed by atoms with E-state index in [0.717, 1.165) is 38.6 Å². The molecule has 0 amide bonds. The summed E-state index contributed by atoms with van der Waals surface area (Å²) >= 11 is 0. The Labute approximate surface area is 191 Å². The Morgan fingerprint density at radius 2 is 1.30 bits per heavy atom. The van der Waals surface area contributed by atoms with Gasteiger partial charge in [-0.1, -0.05) is 86.6 Å². The summed E-state index contributed by atoms with van der Waals surface area (Å²) in [7, 11) is 0. The van der Waals surface area contributed by atoms with Gasteiger partial charge in [-0.05, 0) is 24.3 Å². The maximum atomic E-state index is 13.7. The highest BCUT2D eigenvalue weighted by Crippen LogP contribution is 2.32. The first-order valence-corrected chi connectivity index (χ1v) is 11.2. The number of fused-ring (bicyclic) bond motifs is 2. The van der Waals surface area contributed by atoms with Crippen LogP contribution in [0.25, 0.3) is 43.7 Å². The Morgan fingerprint density at radius 1 is 0.667 bits per heavy atom. The van der Waals surface area contributed by atoms with Gasteiger partial charge >= 0.3 is 0 Å². The van der Waals surface area contributed by atoms with Gasteiger partial charge in [-0.2, -0.15) is 5.10 Å². The molecule has 0 spiro atoms. The molecule has 0 aliphatic heterocycles. The number of rotatable bonds is 2. The van der Waals surface area contributed by atoms with E-state index in [1.54, 1.807) is 0 Å². The lowest BCUT2D eigenvalue weighted by atomic mass is 9.95. The number of hydrogen-bond donors (Lipinski definition) is 1. The maximum Gasteiger partial charge on any atom is 0.196 e. The molecule has 0 bridgehead atoms. The summed E-state index contributed by atoms with van der Waals surface area (Å²) < 4.78 is 0. The molecule has 6 aromatic rings. The van der Waals surface area contributed by atoms with E-state index in [1.165, 1.54) is 0 Å². The topological polar surface area (TPSA) is 58.1 Å². The number of benzene rings is 5. The van der Waals surface area contributed by atoms with Crippen LogP contribution in [0, 0.1) is 0 Å². The highest BCUT2D eigenvalue weighted by molar-refractivity contribution is 6.21. The highest BCUT2D eigenvalue weighted by atomic mass is 16.1. The van der Waals surface area contributed by atoms with E-state index in [1.807, 2.05) is 111 Å². The van der Waals surface area contributed by atoms with Crippen molar-refractivity contribution in [3.8, 4) is 11.3 Å². The molecule has 160 valence electrons. The summed E-state index contributed by atoms with van der Waals surface area (Å²) in [4.78, 5) is 18.5. The fourth-order valence-electron chi connectivity index (χ4n) is 4.28. The van der Waals surface area contributed by atoms with Crippen molar-refractivity contribution in [3.63, 3.8) is 0 Å². The van der Waals surface area contributed by atoms with Crippen LogP contribution in [-0.2, 0) is 0 Å². The number of hydrogen-bond acceptors (Lipinski definition) is 3. The average molecular weight is 430 g/mol. The smallest absolute Gasteiger partial charge is 0.196 e. The molecular weight excluding hydrogens is 406 g/mol. The van der Waals surface area contributed by atoms with Crippen molar-refractivity contribution < 1.29 is 0 Å². The summed E-state index contributed by atoms with van der Waals surface area (Å²) in [6.45, 7) is 4.00. The molecule has 0 radical (unpaired) electrons. The van der Waals surface area contributed by atoms with Crippen molar-refractivity contribution in [1.29, 1.82) is 0 Å². The molecule has 1 N–H and O–H groups in total. The average Bonchev–Trinajstić information content (AvgIpc) is 2.89. The van der Waals surface area contributed by atoms with E-state index in [0.29, 0.717) is 16.1 Å². The minimum atomic E-state index is -0.0182. The van der Waals surface area contributed by atoms with Gasteiger partial charge in [0.25, 0.3) is 0 Å². The second kappa shape index (κ2) is 8.67. The van der Waals surface area contributed by atoms with Gasteiger partial charge in [-0.15, -0.1) is 0 Å². The van der Waals surface area contributed by atoms with E-state index < -0.39 is 0 Å². The van der Waals surface area contributed by atoms with E-state index >= 15 is 0 Å². The number of aromatic nitrogens is 2. The number of para-hydroxylation sites is 1. The van der Waals surface area contributed by atoms with Crippen molar-refractivity contribution in [2.75, 3.05) is 0 Å². The van der Waals surface area contributed by atoms with Gasteiger partial charge in [0.15, 0.2) is 5.43 Å². The zero-order chi connectivity index (χ0) is 22.8. The Morgan fingerprint density at radius 3 is 2.03 bits per heavy atom. The standard InChI is InChI=1S/C27H17N3O.C2H6/c31-27-20-14-8-7-13-19(20)26-23-21(25(29-30-26)17-9-3-1-4-10-17)15-16-22(24(23)27)28-18-11-5-2-6-12-18;1-2/h1-16,29H;1-2H3. The van der Waals surface area contributed by atoms with Gasteiger partial charge in [-0.25, -0.2) is 4.99 Å². The first kappa shape index (κ1) is 20.6. The van der Waals surface area contributed by atoms with Crippen LogP contribution in [0.1, 0.15) is 13.8 Å². The normalized spacial score (nSPS) is 11.6. The first-order chi connectivity index (χ1) is 16.3. The molecular formula is C29H23N3O. The fourth-order valence-corrected chi connectivity index (χ4v) is 4.28. The molecule has 0 fully saturated rings. The monoisotopic (exact) mass is 429 g/mol. The maximum absolute atomic E-state index is 13.7. The van der Waals surface area contributed by atoms with Gasteiger partial charge in [-0.3, -0.25) is 9.89 Å². The quantitative estimate of drug-likeness (QED) is 0.249. The zero-order valence-corrected chi connectivity index (χ0v) is 18.5. The molecule has 0 aliphatic carbocycles. The van der Waals surface area contributed by atoms with Crippen LogP contribution in [0.15, 0.2) is 107 Å². The van der Waals surface area contributed by atoms with Crippen LogP contribution in [0.5, 0.6) is 0 Å². The van der Waals surface area contributed by atoms with E-state index in [4.69, 9.17) is 10.1 Å². The molecule has 5 aromatic carbocycles. The van der Waals surface area contributed by atoms with Gasteiger partial charge < -0.3 is 0 Å². The third-order valence-electron chi connectivity index (χ3n) is 5.69. The molecule has 1 aromatic heterocycles. The van der Waals surface area contributed by atoms with Crippen molar-refractivity contribution in [3.05, 3.63) is 113 Å². The minimum Gasteiger partial charge on any atom is -0.288 e. The third-order valence-corrected chi connectivity index (χ3v) is 5.69. The third kappa shape index (κ3) is 3.46. The van der Waals surface area contributed by atoms with Crippen LogP contribution in [-0.4, -0.2) is 10.2 Å². The van der Waals surface area contributed by atoms with Crippen molar-refractivity contribution >= 4 is 38.1 Å². The number of nitrogens with one attached hydrogen (secondary N) is 1. The molecule has 0 unspecified atom stereocenters. The van der Waals surface area contributed by atoms with Crippen LogP contribution < -0.4 is 10.8 Å². The van der Waals surface area contributed by atoms with Crippen LogP contribution in [0.2, 0.25) is 0 Å².